The largest absolute Gasteiger partial charge is 0.481 e. The summed E-state index contributed by atoms with van der Waals surface area (Å²) in [5, 5.41) is 12.4. The SMILES string of the molecule is O=C(NCC1(C(=O)O)CCCCCC1)c1ccccc1Br. The Labute approximate surface area is 133 Å². The molecule has 1 saturated carbocycles. The second-order valence-corrected chi connectivity index (χ2v) is 6.52. The van der Waals surface area contributed by atoms with Gasteiger partial charge in [-0.3, -0.25) is 9.59 Å². The average Bonchev–Trinajstić information content (AvgIpc) is 2.72. The van der Waals surface area contributed by atoms with Gasteiger partial charge in [-0.2, -0.15) is 0 Å². The summed E-state index contributed by atoms with van der Waals surface area (Å²) in [6.07, 6.45) is 5.26. The van der Waals surface area contributed by atoms with Gasteiger partial charge in [-0.15, -0.1) is 0 Å². The zero-order valence-corrected chi connectivity index (χ0v) is 13.5. The minimum Gasteiger partial charge on any atom is -0.481 e. The molecule has 114 valence electrons. The quantitative estimate of drug-likeness (QED) is 0.812. The number of nitrogens with one attached hydrogen (secondary N) is 1. The van der Waals surface area contributed by atoms with Crippen LogP contribution >= 0.6 is 15.9 Å². The third-order valence-corrected chi connectivity index (χ3v) is 4.91. The van der Waals surface area contributed by atoms with Crippen LogP contribution in [0.4, 0.5) is 0 Å². The molecule has 0 aromatic heterocycles. The van der Waals surface area contributed by atoms with Crippen molar-refractivity contribution in [2.75, 3.05) is 6.54 Å². The number of amides is 1. The van der Waals surface area contributed by atoms with Gasteiger partial charge in [0.15, 0.2) is 0 Å². The zero-order chi connectivity index (χ0) is 15.3. The molecular weight excluding hydrogens is 334 g/mol. The maximum absolute atomic E-state index is 12.2. The van der Waals surface area contributed by atoms with Crippen LogP contribution in [-0.2, 0) is 4.79 Å². The fourth-order valence-electron chi connectivity index (χ4n) is 2.86. The lowest BCUT2D eigenvalue weighted by molar-refractivity contribution is -0.149. The lowest BCUT2D eigenvalue weighted by atomic mass is 9.80. The standard InChI is InChI=1S/C16H20BrNO3/c17-13-8-4-3-7-12(13)14(19)18-11-16(15(20)21)9-5-1-2-6-10-16/h3-4,7-8H,1-2,5-6,9-11H2,(H,18,19)(H,20,21). The third kappa shape index (κ3) is 3.84. The van der Waals surface area contributed by atoms with E-state index in [1.54, 1.807) is 18.2 Å². The Morgan fingerprint density at radius 2 is 1.76 bits per heavy atom. The molecule has 0 unspecified atom stereocenters. The second-order valence-electron chi connectivity index (χ2n) is 5.66. The summed E-state index contributed by atoms with van der Waals surface area (Å²) in [5.41, 5.74) is -0.278. The summed E-state index contributed by atoms with van der Waals surface area (Å²) in [7, 11) is 0. The Bertz CT molecular complexity index is 522. The lowest BCUT2D eigenvalue weighted by Gasteiger charge is -2.28. The van der Waals surface area contributed by atoms with Gasteiger partial charge in [0.25, 0.3) is 5.91 Å². The van der Waals surface area contributed by atoms with Gasteiger partial charge in [0.2, 0.25) is 0 Å². The molecule has 2 rings (SSSR count). The number of hydrogen-bond acceptors (Lipinski definition) is 2. The van der Waals surface area contributed by atoms with Gasteiger partial charge in [0.05, 0.1) is 11.0 Å². The summed E-state index contributed by atoms with van der Waals surface area (Å²) >= 11 is 3.34. The molecule has 5 heteroatoms. The molecule has 0 heterocycles. The molecule has 21 heavy (non-hydrogen) atoms. The van der Waals surface area contributed by atoms with Crippen LogP contribution < -0.4 is 5.32 Å². The number of carbonyl (C=O) groups excluding carboxylic acids is 1. The van der Waals surface area contributed by atoms with E-state index in [9.17, 15) is 14.7 Å². The molecule has 1 aliphatic carbocycles. The third-order valence-electron chi connectivity index (χ3n) is 4.22. The molecule has 0 bridgehead atoms. The smallest absolute Gasteiger partial charge is 0.311 e. The van der Waals surface area contributed by atoms with E-state index in [0.29, 0.717) is 22.9 Å². The van der Waals surface area contributed by atoms with Crippen molar-refractivity contribution in [3.8, 4) is 0 Å². The van der Waals surface area contributed by atoms with Crippen LogP contribution in [0.25, 0.3) is 0 Å². The Morgan fingerprint density at radius 1 is 1.14 bits per heavy atom. The Morgan fingerprint density at radius 3 is 2.33 bits per heavy atom. The van der Waals surface area contributed by atoms with Crippen molar-refractivity contribution in [2.45, 2.75) is 38.5 Å². The van der Waals surface area contributed by atoms with Gasteiger partial charge in [-0.25, -0.2) is 0 Å². The number of hydrogen-bond donors (Lipinski definition) is 2. The lowest BCUT2D eigenvalue weighted by Crippen LogP contribution is -2.43. The number of halogens is 1. The minimum absolute atomic E-state index is 0.197. The molecule has 0 spiro atoms. The topological polar surface area (TPSA) is 66.4 Å². The van der Waals surface area contributed by atoms with Gasteiger partial charge < -0.3 is 10.4 Å². The van der Waals surface area contributed by atoms with Crippen LogP contribution in [0.5, 0.6) is 0 Å². The van der Waals surface area contributed by atoms with Gasteiger partial charge in [0, 0.05) is 11.0 Å². The van der Waals surface area contributed by atoms with E-state index in [1.807, 2.05) is 6.07 Å². The Balaban J connectivity index is 2.07. The molecule has 1 aromatic carbocycles. The number of benzene rings is 1. The first kappa shape index (κ1) is 16.0. The highest BCUT2D eigenvalue weighted by Crippen LogP contribution is 2.35. The maximum atomic E-state index is 12.2. The van der Waals surface area contributed by atoms with Crippen molar-refractivity contribution >= 4 is 27.8 Å². The maximum Gasteiger partial charge on any atom is 0.311 e. The van der Waals surface area contributed by atoms with E-state index in [2.05, 4.69) is 21.2 Å². The van der Waals surface area contributed by atoms with E-state index in [4.69, 9.17) is 0 Å². The Hall–Kier alpha value is -1.36. The highest BCUT2D eigenvalue weighted by molar-refractivity contribution is 9.10. The number of rotatable bonds is 4. The van der Waals surface area contributed by atoms with Gasteiger partial charge >= 0.3 is 5.97 Å². The molecule has 1 amide bonds. The molecule has 0 saturated heterocycles. The van der Waals surface area contributed by atoms with E-state index in [0.717, 1.165) is 25.7 Å². The predicted molar refractivity (Wildman–Crippen MR) is 84.2 cm³/mol. The number of carbonyl (C=O) groups is 2. The van der Waals surface area contributed by atoms with Crippen LogP contribution in [0.2, 0.25) is 0 Å². The van der Waals surface area contributed by atoms with Crippen molar-refractivity contribution in [2.24, 2.45) is 5.41 Å². The van der Waals surface area contributed by atoms with Crippen LogP contribution in [0.3, 0.4) is 0 Å². The van der Waals surface area contributed by atoms with Gasteiger partial charge in [-0.1, -0.05) is 37.8 Å². The first-order valence-corrected chi connectivity index (χ1v) is 8.11. The van der Waals surface area contributed by atoms with Crippen molar-refractivity contribution in [3.63, 3.8) is 0 Å². The van der Waals surface area contributed by atoms with Crippen LogP contribution in [0.1, 0.15) is 48.9 Å². The fraction of sp³-hybridized carbons (Fsp3) is 0.500. The van der Waals surface area contributed by atoms with E-state index < -0.39 is 11.4 Å². The average molecular weight is 354 g/mol. The molecule has 0 aliphatic heterocycles. The fourth-order valence-corrected chi connectivity index (χ4v) is 3.33. The minimum atomic E-state index is -0.812. The van der Waals surface area contributed by atoms with Crippen molar-refractivity contribution in [3.05, 3.63) is 34.3 Å². The first-order valence-electron chi connectivity index (χ1n) is 7.31. The van der Waals surface area contributed by atoms with E-state index in [1.165, 1.54) is 0 Å². The molecule has 4 nitrogen and oxygen atoms in total. The van der Waals surface area contributed by atoms with Crippen LogP contribution in [0.15, 0.2) is 28.7 Å². The molecule has 2 N–H and O–H groups in total. The van der Waals surface area contributed by atoms with Crippen LogP contribution in [-0.4, -0.2) is 23.5 Å². The summed E-state index contributed by atoms with van der Waals surface area (Å²) in [6.45, 7) is 0.197. The summed E-state index contributed by atoms with van der Waals surface area (Å²) in [6, 6.07) is 7.15. The molecule has 1 fully saturated rings. The Kier molecular flexibility index (Phi) is 5.39. The van der Waals surface area contributed by atoms with E-state index in [-0.39, 0.29) is 12.5 Å². The normalized spacial score (nSPS) is 17.8. The van der Waals surface area contributed by atoms with Crippen LogP contribution in [0, 0.1) is 5.41 Å². The molecule has 0 atom stereocenters. The summed E-state index contributed by atoms with van der Waals surface area (Å²) in [4.78, 5) is 23.9. The summed E-state index contributed by atoms with van der Waals surface area (Å²) < 4.78 is 0.716. The monoisotopic (exact) mass is 353 g/mol. The first-order chi connectivity index (χ1) is 10.1. The second kappa shape index (κ2) is 7.07. The number of carboxylic acid groups (broad SMARTS) is 1. The molecular formula is C16H20BrNO3. The number of aliphatic carboxylic acids is 1. The highest BCUT2D eigenvalue weighted by atomic mass is 79.9. The van der Waals surface area contributed by atoms with Crippen molar-refractivity contribution in [1.29, 1.82) is 0 Å². The van der Waals surface area contributed by atoms with E-state index >= 15 is 0 Å². The predicted octanol–water partition coefficient (Wildman–Crippen LogP) is 3.60. The van der Waals surface area contributed by atoms with Crippen molar-refractivity contribution in [1.82, 2.24) is 5.32 Å². The zero-order valence-electron chi connectivity index (χ0n) is 11.9. The van der Waals surface area contributed by atoms with Gasteiger partial charge in [0.1, 0.15) is 0 Å². The molecule has 0 radical (unpaired) electrons. The molecule has 1 aliphatic rings. The summed E-state index contributed by atoms with van der Waals surface area (Å²) in [5.74, 6) is -1.02. The highest BCUT2D eigenvalue weighted by Gasteiger charge is 2.38. The van der Waals surface area contributed by atoms with Gasteiger partial charge in [-0.05, 0) is 40.9 Å². The van der Waals surface area contributed by atoms with Crippen molar-refractivity contribution < 1.29 is 14.7 Å². The number of carboxylic acids is 1. The molecule has 1 aromatic rings.